The maximum absolute atomic E-state index is 12.8. The van der Waals surface area contributed by atoms with Crippen molar-refractivity contribution in [2.75, 3.05) is 5.32 Å². The van der Waals surface area contributed by atoms with Gasteiger partial charge in [-0.05, 0) is 29.2 Å². The summed E-state index contributed by atoms with van der Waals surface area (Å²) in [4.78, 5) is 4.09. The maximum Gasteiger partial charge on any atom is 0.416 e. The number of nitrogens with zero attached hydrogens (tertiary/aromatic N) is 1. The monoisotopic (exact) mass is 300 g/mol. The molecule has 0 atom stereocenters. The fourth-order valence-electron chi connectivity index (χ4n) is 1.85. The van der Waals surface area contributed by atoms with Crippen molar-refractivity contribution in [1.82, 2.24) is 4.98 Å². The first-order chi connectivity index (χ1) is 9.18. The van der Waals surface area contributed by atoms with Gasteiger partial charge in [0.05, 0.1) is 5.56 Å². The number of aromatic nitrogens is 1. The first-order valence-corrected chi connectivity index (χ1v) is 6.94. The molecule has 2 aromatic rings. The van der Waals surface area contributed by atoms with Crippen LogP contribution in [0, 0.1) is 0 Å². The second kappa shape index (κ2) is 5.09. The van der Waals surface area contributed by atoms with Gasteiger partial charge in [-0.1, -0.05) is 20.8 Å². The molecule has 1 N–H and O–H groups in total. The van der Waals surface area contributed by atoms with Gasteiger partial charge in [-0.2, -0.15) is 13.2 Å². The van der Waals surface area contributed by atoms with Gasteiger partial charge in [0, 0.05) is 17.3 Å². The van der Waals surface area contributed by atoms with Crippen molar-refractivity contribution in [3.8, 4) is 0 Å². The summed E-state index contributed by atoms with van der Waals surface area (Å²) in [6.45, 7) is 5.65. The molecular weight excluding hydrogens is 285 g/mol. The Bertz CT molecular complexity index is 583. The summed E-state index contributed by atoms with van der Waals surface area (Å²) >= 11 is 1.40. The standard InChI is InChI=1S/C14H15F3N2S/c1-13(2,3)10-8-9(14(15,16)17)4-5-11(10)19-12-18-6-7-20-12/h4-8H,1-3H3,(H,18,19). The molecule has 0 amide bonds. The fourth-order valence-corrected chi connectivity index (χ4v) is 2.39. The number of thiazole rings is 1. The zero-order valence-corrected chi connectivity index (χ0v) is 12.2. The summed E-state index contributed by atoms with van der Waals surface area (Å²) < 4.78 is 38.5. The average molecular weight is 300 g/mol. The van der Waals surface area contributed by atoms with Gasteiger partial charge in [-0.3, -0.25) is 0 Å². The van der Waals surface area contributed by atoms with Crippen molar-refractivity contribution >= 4 is 22.2 Å². The van der Waals surface area contributed by atoms with Gasteiger partial charge in [0.2, 0.25) is 0 Å². The molecule has 0 aliphatic carbocycles. The zero-order valence-electron chi connectivity index (χ0n) is 11.4. The van der Waals surface area contributed by atoms with Crippen LogP contribution in [0.5, 0.6) is 0 Å². The van der Waals surface area contributed by atoms with Gasteiger partial charge in [0.25, 0.3) is 0 Å². The van der Waals surface area contributed by atoms with Crippen molar-refractivity contribution in [2.24, 2.45) is 0 Å². The van der Waals surface area contributed by atoms with Crippen LogP contribution in [0.15, 0.2) is 29.8 Å². The third-order valence-corrected chi connectivity index (χ3v) is 3.52. The molecular formula is C14H15F3N2S. The second-order valence-electron chi connectivity index (χ2n) is 5.47. The highest BCUT2D eigenvalue weighted by atomic mass is 32.1. The summed E-state index contributed by atoms with van der Waals surface area (Å²) in [5, 5.41) is 5.55. The van der Waals surface area contributed by atoms with E-state index < -0.39 is 17.2 Å². The van der Waals surface area contributed by atoms with Crippen molar-refractivity contribution < 1.29 is 13.2 Å². The van der Waals surface area contributed by atoms with E-state index >= 15 is 0 Å². The number of nitrogens with one attached hydrogen (secondary N) is 1. The highest BCUT2D eigenvalue weighted by Crippen LogP contribution is 2.37. The Balaban J connectivity index is 2.46. The molecule has 0 saturated heterocycles. The topological polar surface area (TPSA) is 24.9 Å². The lowest BCUT2D eigenvalue weighted by Crippen LogP contribution is -2.16. The summed E-state index contributed by atoms with van der Waals surface area (Å²) in [6.07, 6.45) is -2.69. The van der Waals surface area contributed by atoms with Crippen LogP contribution in [0.4, 0.5) is 24.0 Å². The molecule has 0 aliphatic rings. The highest BCUT2D eigenvalue weighted by molar-refractivity contribution is 7.13. The molecule has 0 unspecified atom stereocenters. The van der Waals surface area contributed by atoms with E-state index in [1.54, 1.807) is 6.20 Å². The molecule has 108 valence electrons. The molecule has 0 bridgehead atoms. The van der Waals surface area contributed by atoms with E-state index in [4.69, 9.17) is 0 Å². The van der Waals surface area contributed by atoms with Gasteiger partial charge in [-0.15, -0.1) is 11.3 Å². The molecule has 1 aromatic carbocycles. The summed E-state index contributed by atoms with van der Waals surface area (Å²) in [5.41, 5.74) is 0.232. The quantitative estimate of drug-likeness (QED) is 0.824. The number of hydrogen-bond acceptors (Lipinski definition) is 3. The smallest absolute Gasteiger partial charge is 0.331 e. The maximum atomic E-state index is 12.8. The van der Waals surface area contributed by atoms with Crippen molar-refractivity contribution in [3.05, 3.63) is 40.9 Å². The largest absolute Gasteiger partial charge is 0.416 e. The predicted molar refractivity (Wildman–Crippen MR) is 75.5 cm³/mol. The van der Waals surface area contributed by atoms with Crippen LogP contribution in [0.25, 0.3) is 0 Å². The molecule has 6 heteroatoms. The van der Waals surface area contributed by atoms with Crippen molar-refractivity contribution in [2.45, 2.75) is 32.4 Å². The van der Waals surface area contributed by atoms with E-state index in [0.717, 1.165) is 6.07 Å². The van der Waals surface area contributed by atoms with Gasteiger partial charge >= 0.3 is 6.18 Å². The normalized spacial score (nSPS) is 12.5. The van der Waals surface area contributed by atoms with Gasteiger partial charge < -0.3 is 5.32 Å². The molecule has 0 aliphatic heterocycles. The van der Waals surface area contributed by atoms with Crippen molar-refractivity contribution in [1.29, 1.82) is 0 Å². The van der Waals surface area contributed by atoms with Gasteiger partial charge in [0.15, 0.2) is 5.13 Å². The van der Waals surface area contributed by atoms with Crippen molar-refractivity contribution in [3.63, 3.8) is 0 Å². The van der Waals surface area contributed by atoms with E-state index in [1.807, 2.05) is 26.2 Å². The molecule has 1 heterocycles. The Morgan fingerprint density at radius 1 is 1.15 bits per heavy atom. The molecule has 20 heavy (non-hydrogen) atoms. The molecule has 2 nitrogen and oxygen atoms in total. The van der Waals surface area contributed by atoms with E-state index in [-0.39, 0.29) is 0 Å². The minimum atomic E-state index is -4.33. The summed E-state index contributed by atoms with van der Waals surface area (Å²) in [6, 6.07) is 3.76. The first-order valence-electron chi connectivity index (χ1n) is 6.06. The number of halogens is 3. The third-order valence-electron chi connectivity index (χ3n) is 2.83. The number of rotatable bonds is 2. The first kappa shape index (κ1) is 14.8. The van der Waals surface area contributed by atoms with Crippen LogP contribution < -0.4 is 5.32 Å². The highest BCUT2D eigenvalue weighted by Gasteiger charge is 2.32. The minimum Gasteiger partial charge on any atom is -0.331 e. The average Bonchev–Trinajstić information content (AvgIpc) is 2.79. The van der Waals surface area contributed by atoms with E-state index in [2.05, 4.69) is 10.3 Å². The van der Waals surface area contributed by atoms with Gasteiger partial charge in [0.1, 0.15) is 0 Å². The molecule has 0 spiro atoms. The number of alkyl halides is 3. The second-order valence-corrected chi connectivity index (χ2v) is 6.36. The Morgan fingerprint density at radius 2 is 1.85 bits per heavy atom. The van der Waals surface area contributed by atoms with Crippen LogP contribution >= 0.6 is 11.3 Å². The SMILES string of the molecule is CC(C)(C)c1cc(C(F)(F)F)ccc1Nc1nccs1. The van der Waals surface area contributed by atoms with Crippen LogP contribution in [-0.2, 0) is 11.6 Å². The summed E-state index contributed by atoms with van der Waals surface area (Å²) in [7, 11) is 0. The van der Waals surface area contributed by atoms with Crippen LogP contribution in [0.2, 0.25) is 0 Å². The molecule has 0 fully saturated rings. The molecule has 0 saturated carbocycles. The lowest BCUT2D eigenvalue weighted by molar-refractivity contribution is -0.137. The third kappa shape index (κ3) is 3.30. The van der Waals surface area contributed by atoms with Crippen LogP contribution in [-0.4, -0.2) is 4.98 Å². The summed E-state index contributed by atoms with van der Waals surface area (Å²) in [5.74, 6) is 0. The van der Waals surface area contributed by atoms with E-state index in [1.165, 1.54) is 23.5 Å². The Labute approximate surface area is 119 Å². The lowest BCUT2D eigenvalue weighted by Gasteiger charge is -2.24. The predicted octanol–water partition coefficient (Wildman–Crippen LogP) is 5.20. The Kier molecular flexibility index (Phi) is 3.77. The van der Waals surface area contributed by atoms with Crippen LogP contribution in [0.1, 0.15) is 31.9 Å². The van der Waals surface area contributed by atoms with Crippen LogP contribution in [0.3, 0.4) is 0 Å². The fraction of sp³-hybridized carbons (Fsp3) is 0.357. The number of hydrogen-bond donors (Lipinski definition) is 1. The molecule has 1 aromatic heterocycles. The number of benzene rings is 1. The molecule has 2 rings (SSSR count). The van der Waals surface area contributed by atoms with E-state index in [0.29, 0.717) is 16.4 Å². The van der Waals surface area contributed by atoms with Gasteiger partial charge in [-0.25, -0.2) is 4.98 Å². The zero-order chi connectivity index (χ0) is 15.0. The Hall–Kier alpha value is -1.56. The van der Waals surface area contributed by atoms with E-state index in [9.17, 15) is 13.2 Å². The minimum absolute atomic E-state index is 0.402. The Morgan fingerprint density at radius 3 is 2.35 bits per heavy atom. The lowest BCUT2D eigenvalue weighted by atomic mass is 9.84. The molecule has 0 radical (unpaired) electrons. The number of anilines is 2.